The molecule has 2 aromatic rings. The van der Waals surface area contributed by atoms with Crippen molar-refractivity contribution < 1.29 is 17.9 Å². The molecule has 0 amide bonds. The Hall–Kier alpha value is -2.49. The van der Waals surface area contributed by atoms with Gasteiger partial charge in [0.25, 0.3) is 0 Å². The van der Waals surface area contributed by atoms with Crippen LogP contribution >= 0.6 is 0 Å². The highest BCUT2D eigenvalue weighted by Gasteiger charge is 2.29. The molecule has 1 fully saturated rings. The van der Waals surface area contributed by atoms with E-state index < -0.39 is 11.9 Å². The summed E-state index contributed by atoms with van der Waals surface area (Å²) in [7, 11) is 0. The molecule has 1 aliphatic rings. The highest BCUT2D eigenvalue weighted by Crippen LogP contribution is 2.34. The van der Waals surface area contributed by atoms with Crippen LogP contribution in [0.2, 0.25) is 0 Å². The fraction of sp³-hybridized carbons (Fsp3) is 0.429. The van der Waals surface area contributed by atoms with Gasteiger partial charge in [-0.15, -0.1) is 0 Å². The molecule has 1 aliphatic carbocycles. The first-order chi connectivity index (χ1) is 15.4. The summed E-state index contributed by atoms with van der Waals surface area (Å²) in [4.78, 5) is 0. The third kappa shape index (κ3) is 7.01. The minimum Gasteiger partial charge on any atom is -0.429 e. The second-order valence-electron chi connectivity index (χ2n) is 8.64. The maximum Gasteiger partial charge on any atom is 0.419 e. The van der Waals surface area contributed by atoms with Gasteiger partial charge >= 0.3 is 6.11 Å². The lowest BCUT2D eigenvalue weighted by Gasteiger charge is -2.26. The van der Waals surface area contributed by atoms with Crippen molar-refractivity contribution >= 4 is 0 Å². The summed E-state index contributed by atoms with van der Waals surface area (Å²) in [5.74, 6) is 0.0708. The number of rotatable bonds is 9. The second kappa shape index (κ2) is 11.4. The first-order valence-corrected chi connectivity index (χ1v) is 11.7. The SMILES string of the molecule is C/C=C/CCC1CCC(/C=C/C(F)(F)Oc2ccc(-c3ccc(CC)cc3)c(F)c2)CC1. The smallest absolute Gasteiger partial charge is 0.419 e. The van der Waals surface area contributed by atoms with E-state index >= 15 is 0 Å². The normalized spacial score (nSPS) is 19.7. The summed E-state index contributed by atoms with van der Waals surface area (Å²) >= 11 is 0. The molecule has 0 atom stereocenters. The second-order valence-corrected chi connectivity index (χ2v) is 8.64. The van der Waals surface area contributed by atoms with Crippen LogP contribution in [0.5, 0.6) is 5.75 Å². The Balaban J connectivity index is 1.56. The molecule has 2 aromatic carbocycles. The molecule has 4 heteroatoms. The minimum atomic E-state index is -3.47. The highest BCUT2D eigenvalue weighted by molar-refractivity contribution is 5.65. The number of hydrogen-bond acceptors (Lipinski definition) is 1. The third-order valence-electron chi connectivity index (χ3n) is 6.30. The van der Waals surface area contributed by atoms with Crippen LogP contribution in [0.15, 0.2) is 66.8 Å². The fourth-order valence-corrected chi connectivity index (χ4v) is 4.32. The van der Waals surface area contributed by atoms with Gasteiger partial charge in [-0.25, -0.2) is 4.39 Å². The standard InChI is InChI=1S/C28H33F3O/c1-3-5-6-7-22-8-10-23(11-9-22)18-19-28(30,31)32-25-16-17-26(27(29)20-25)24-14-12-21(4-2)13-15-24/h3,5,12-20,22-23H,4,6-11H2,1-2H3/b5-3+,19-18+. The van der Waals surface area contributed by atoms with Gasteiger partial charge in [0.05, 0.1) is 0 Å². The molecule has 0 aliphatic heterocycles. The average molecular weight is 443 g/mol. The number of aryl methyl sites for hydroxylation is 1. The van der Waals surface area contributed by atoms with Gasteiger partial charge in [0.15, 0.2) is 0 Å². The van der Waals surface area contributed by atoms with Crippen LogP contribution < -0.4 is 4.74 Å². The number of ether oxygens (including phenoxy) is 1. The molecule has 0 spiro atoms. The van der Waals surface area contributed by atoms with Crippen molar-refractivity contribution in [1.29, 1.82) is 0 Å². The Labute approximate surface area is 190 Å². The molecule has 0 N–H and O–H groups in total. The van der Waals surface area contributed by atoms with E-state index in [0.717, 1.165) is 56.2 Å². The molecule has 0 saturated heterocycles. The van der Waals surface area contributed by atoms with Crippen molar-refractivity contribution in [3.05, 3.63) is 78.1 Å². The van der Waals surface area contributed by atoms with Gasteiger partial charge in [-0.2, -0.15) is 8.78 Å². The maximum atomic E-state index is 14.6. The van der Waals surface area contributed by atoms with Crippen molar-refractivity contribution in [2.24, 2.45) is 11.8 Å². The van der Waals surface area contributed by atoms with E-state index in [1.165, 1.54) is 18.6 Å². The van der Waals surface area contributed by atoms with Crippen molar-refractivity contribution in [2.75, 3.05) is 0 Å². The lowest BCUT2D eigenvalue weighted by Crippen LogP contribution is -2.22. The van der Waals surface area contributed by atoms with E-state index in [2.05, 4.69) is 12.2 Å². The zero-order valence-electron chi connectivity index (χ0n) is 19.0. The fourth-order valence-electron chi connectivity index (χ4n) is 4.32. The third-order valence-corrected chi connectivity index (χ3v) is 6.30. The number of hydrogen-bond donors (Lipinski definition) is 0. The molecule has 0 heterocycles. The Morgan fingerprint density at radius 1 is 1.03 bits per heavy atom. The quantitative estimate of drug-likeness (QED) is 0.353. The van der Waals surface area contributed by atoms with Crippen LogP contribution in [-0.2, 0) is 6.42 Å². The van der Waals surface area contributed by atoms with Gasteiger partial charge in [0.2, 0.25) is 0 Å². The summed E-state index contributed by atoms with van der Waals surface area (Å²) in [5, 5.41) is 0. The topological polar surface area (TPSA) is 9.23 Å². The molecule has 32 heavy (non-hydrogen) atoms. The molecular weight excluding hydrogens is 409 g/mol. The molecule has 0 unspecified atom stereocenters. The lowest BCUT2D eigenvalue weighted by molar-refractivity contribution is -0.132. The zero-order valence-corrected chi connectivity index (χ0v) is 19.0. The van der Waals surface area contributed by atoms with Gasteiger partial charge in [-0.3, -0.25) is 0 Å². The number of alkyl halides is 2. The molecular formula is C28H33F3O. The van der Waals surface area contributed by atoms with E-state index in [1.54, 1.807) is 6.08 Å². The Kier molecular flexibility index (Phi) is 8.60. The number of benzene rings is 2. The summed E-state index contributed by atoms with van der Waals surface area (Å²) in [6, 6.07) is 11.5. The maximum absolute atomic E-state index is 14.6. The summed E-state index contributed by atoms with van der Waals surface area (Å²) in [5.41, 5.74) is 2.23. The average Bonchev–Trinajstić information content (AvgIpc) is 2.79. The van der Waals surface area contributed by atoms with E-state index in [9.17, 15) is 13.2 Å². The van der Waals surface area contributed by atoms with Crippen LogP contribution in [0, 0.1) is 17.7 Å². The predicted molar refractivity (Wildman–Crippen MR) is 125 cm³/mol. The van der Waals surface area contributed by atoms with E-state index in [-0.39, 0.29) is 11.7 Å². The Bertz CT molecular complexity index is 907. The van der Waals surface area contributed by atoms with E-state index in [0.29, 0.717) is 17.0 Å². The highest BCUT2D eigenvalue weighted by atomic mass is 19.3. The minimum absolute atomic E-state index is 0.146. The largest absolute Gasteiger partial charge is 0.429 e. The molecule has 172 valence electrons. The van der Waals surface area contributed by atoms with Crippen LogP contribution in [0.4, 0.5) is 13.2 Å². The van der Waals surface area contributed by atoms with Gasteiger partial charge in [-0.05, 0) is 87.0 Å². The van der Waals surface area contributed by atoms with Gasteiger partial charge in [0, 0.05) is 17.7 Å². The number of halogens is 3. The summed E-state index contributed by atoms with van der Waals surface area (Å²) < 4.78 is 48.1. The molecule has 1 saturated carbocycles. The van der Waals surface area contributed by atoms with Crippen LogP contribution in [0.1, 0.15) is 57.9 Å². The molecule has 0 radical (unpaired) electrons. The Morgan fingerprint density at radius 2 is 1.75 bits per heavy atom. The van der Waals surface area contributed by atoms with Crippen molar-refractivity contribution in [2.45, 2.75) is 64.9 Å². The summed E-state index contributed by atoms with van der Waals surface area (Å²) in [6.45, 7) is 4.07. The predicted octanol–water partition coefficient (Wildman–Crippen LogP) is 8.75. The van der Waals surface area contributed by atoms with E-state index in [4.69, 9.17) is 4.74 Å². The monoisotopic (exact) mass is 442 g/mol. The molecule has 0 bridgehead atoms. The van der Waals surface area contributed by atoms with Crippen LogP contribution in [-0.4, -0.2) is 6.11 Å². The summed E-state index contributed by atoms with van der Waals surface area (Å²) in [6.07, 6.45) is 10.3. The zero-order chi connectivity index (χ0) is 23.0. The van der Waals surface area contributed by atoms with Crippen molar-refractivity contribution in [3.8, 4) is 16.9 Å². The van der Waals surface area contributed by atoms with Gasteiger partial charge in [-0.1, -0.05) is 49.4 Å². The molecule has 3 rings (SSSR count). The number of allylic oxidation sites excluding steroid dienone is 3. The molecule has 1 nitrogen and oxygen atoms in total. The Morgan fingerprint density at radius 3 is 2.38 bits per heavy atom. The first-order valence-electron chi connectivity index (χ1n) is 11.7. The van der Waals surface area contributed by atoms with Gasteiger partial charge < -0.3 is 4.74 Å². The molecule has 0 aromatic heterocycles. The first kappa shape index (κ1) is 24.2. The van der Waals surface area contributed by atoms with Crippen molar-refractivity contribution in [1.82, 2.24) is 0 Å². The van der Waals surface area contributed by atoms with Crippen molar-refractivity contribution in [3.63, 3.8) is 0 Å². The van der Waals surface area contributed by atoms with Gasteiger partial charge in [0.1, 0.15) is 11.6 Å². The lowest BCUT2D eigenvalue weighted by atomic mass is 9.80. The van der Waals surface area contributed by atoms with Crippen LogP contribution in [0.3, 0.4) is 0 Å². The van der Waals surface area contributed by atoms with E-state index in [1.807, 2.05) is 38.1 Å². The van der Waals surface area contributed by atoms with Crippen LogP contribution in [0.25, 0.3) is 11.1 Å².